The highest BCUT2D eigenvalue weighted by Crippen LogP contribution is 2.29. The summed E-state index contributed by atoms with van der Waals surface area (Å²) in [6, 6.07) is 5.10. The van der Waals surface area contributed by atoms with Gasteiger partial charge >= 0.3 is 0 Å². The van der Waals surface area contributed by atoms with Gasteiger partial charge in [0.05, 0.1) is 21.0 Å². The van der Waals surface area contributed by atoms with E-state index in [4.69, 9.17) is 4.42 Å². The van der Waals surface area contributed by atoms with E-state index in [1.54, 1.807) is 25.3 Å². The highest BCUT2D eigenvalue weighted by molar-refractivity contribution is 9.11. The lowest BCUT2D eigenvalue weighted by Gasteiger charge is -2.22. The van der Waals surface area contributed by atoms with Crippen molar-refractivity contribution < 1.29 is 12.8 Å². The Morgan fingerprint density at radius 3 is 2.67 bits per heavy atom. The largest absolute Gasteiger partial charge is 0.468 e. The number of aryl methyl sites for hydroxylation is 1. The maximum atomic E-state index is 12.4. The Kier molecular flexibility index (Phi) is 5.26. The van der Waals surface area contributed by atoms with Crippen LogP contribution in [0.25, 0.3) is 0 Å². The molecule has 1 atom stereocenters. The van der Waals surface area contributed by atoms with Crippen molar-refractivity contribution in [3.63, 3.8) is 0 Å². The van der Waals surface area contributed by atoms with Crippen LogP contribution in [0.1, 0.15) is 16.7 Å². The molecule has 0 radical (unpaired) electrons. The molecular formula is C13H17BrN2O3S2. The minimum absolute atomic E-state index is 0.155. The van der Waals surface area contributed by atoms with Gasteiger partial charge in [0, 0.05) is 11.4 Å². The SMILES string of the molecule is Cc1sc(Br)cc1S(=O)(=O)NCC(c1ccco1)N(C)C. The second-order valence-electron chi connectivity index (χ2n) is 4.82. The first kappa shape index (κ1) is 16.7. The Balaban J connectivity index is 2.15. The van der Waals surface area contributed by atoms with Gasteiger partial charge in [-0.2, -0.15) is 0 Å². The van der Waals surface area contributed by atoms with Crippen LogP contribution in [0.15, 0.2) is 37.6 Å². The molecule has 2 heterocycles. The van der Waals surface area contributed by atoms with Crippen molar-refractivity contribution in [2.24, 2.45) is 0 Å². The van der Waals surface area contributed by atoms with Gasteiger partial charge in [-0.25, -0.2) is 13.1 Å². The summed E-state index contributed by atoms with van der Waals surface area (Å²) in [5.74, 6) is 0.728. The molecule has 0 aliphatic rings. The second-order valence-corrected chi connectivity index (χ2v) is 9.19. The van der Waals surface area contributed by atoms with Gasteiger partial charge in [-0.3, -0.25) is 4.90 Å². The van der Waals surface area contributed by atoms with E-state index < -0.39 is 10.0 Å². The van der Waals surface area contributed by atoms with E-state index in [2.05, 4.69) is 20.7 Å². The minimum atomic E-state index is -3.53. The third-order valence-corrected chi connectivity index (χ3v) is 6.33. The molecule has 116 valence electrons. The van der Waals surface area contributed by atoms with E-state index in [-0.39, 0.29) is 12.6 Å². The van der Waals surface area contributed by atoms with Crippen LogP contribution in [0.4, 0.5) is 0 Å². The van der Waals surface area contributed by atoms with Crippen LogP contribution in [-0.4, -0.2) is 34.0 Å². The molecule has 5 nitrogen and oxygen atoms in total. The number of thiophene rings is 1. The molecule has 0 fully saturated rings. The van der Waals surface area contributed by atoms with Crippen molar-refractivity contribution in [3.8, 4) is 0 Å². The van der Waals surface area contributed by atoms with E-state index in [9.17, 15) is 8.42 Å². The summed E-state index contributed by atoms with van der Waals surface area (Å²) in [5, 5.41) is 0. The zero-order chi connectivity index (χ0) is 15.6. The normalized spacial score (nSPS) is 13.8. The van der Waals surface area contributed by atoms with Gasteiger partial charge in [0.25, 0.3) is 0 Å². The molecule has 0 aromatic carbocycles. The summed E-state index contributed by atoms with van der Waals surface area (Å²) < 4.78 is 33.6. The zero-order valence-electron chi connectivity index (χ0n) is 12.0. The maximum Gasteiger partial charge on any atom is 0.241 e. The van der Waals surface area contributed by atoms with E-state index >= 15 is 0 Å². The second kappa shape index (κ2) is 6.62. The monoisotopic (exact) mass is 392 g/mol. The van der Waals surface area contributed by atoms with Crippen molar-refractivity contribution >= 4 is 37.3 Å². The van der Waals surface area contributed by atoms with Crippen molar-refractivity contribution in [2.45, 2.75) is 17.9 Å². The number of sulfonamides is 1. The van der Waals surface area contributed by atoms with Gasteiger partial charge < -0.3 is 4.42 Å². The average molecular weight is 393 g/mol. The van der Waals surface area contributed by atoms with Crippen LogP contribution in [0.3, 0.4) is 0 Å². The molecular weight excluding hydrogens is 376 g/mol. The van der Waals surface area contributed by atoms with Gasteiger partial charge in [0.2, 0.25) is 10.0 Å². The summed E-state index contributed by atoms with van der Waals surface area (Å²) >= 11 is 4.72. The van der Waals surface area contributed by atoms with E-state index in [1.807, 2.05) is 25.1 Å². The first-order valence-corrected chi connectivity index (χ1v) is 9.36. The number of halogens is 1. The van der Waals surface area contributed by atoms with E-state index in [1.165, 1.54) is 11.3 Å². The van der Waals surface area contributed by atoms with Crippen LogP contribution in [-0.2, 0) is 10.0 Å². The Morgan fingerprint density at radius 1 is 1.48 bits per heavy atom. The number of hydrogen-bond donors (Lipinski definition) is 1. The predicted molar refractivity (Wildman–Crippen MR) is 87.1 cm³/mol. The number of rotatable bonds is 6. The fourth-order valence-electron chi connectivity index (χ4n) is 1.98. The molecule has 1 N–H and O–H groups in total. The molecule has 0 saturated heterocycles. The lowest BCUT2D eigenvalue weighted by atomic mass is 10.2. The topological polar surface area (TPSA) is 62.6 Å². The fraction of sp³-hybridized carbons (Fsp3) is 0.385. The molecule has 0 aliphatic heterocycles. The van der Waals surface area contributed by atoms with Gasteiger partial charge in [0.1, 0.15) is 5.76 Å². The molecule has 0 bridgehead atoms. The first-order valence-electron chi connectivity index (χ1n) is 6.26. The zero-order valence-corrected chi connectivity index (χ0v) is 15.2. The third kappa shape index (κ3) is 3.95. The number of hydrogen-bond acceptors (Lipinski definition) is 5. The molecule has 8 heteroatoms. The number of furan rings is 1. The molecule has 1 unspecified atom stereocenters. The summed E-state index contributed by atoms with van der Waals surface area (Å²) in [5.41, 5.74) is 0. The molecule has 2 rings (SSSR count). The van der Waals surface area contributed by atoms with Crippen LogP contribution in [0, 0.1) is 6.92 Å². The predicted octanol–water partition coefficient (Wildman–Crippen LogP) is 2.99. The number of likely N-dealkylation sites (N-methyl/N-ethyl adjacent to an activating group) is 1. The first-order chi connectivity index (χ1) is 9.81. The highest BCUT2D eigenvalue weighted by atomic mass is 79.9. The third-order valence-electron chi connectivity index (χ3n) is 3.09. The highest BCUT2D eigenvalue weighted by Gasteiger charge is 2.23. The number of nitrogens with zero attached hydrogens (tertiary/aromatic N) is 1. The van der Waals surface area contributed by atoms with Gasteiger partial charge in [-0.05, 0) is 55.1 Å². The minimum Gasteiger partial charge on any atom is -0.468 e. The summed E-state index contributed by atoms with van der Waals surface area (Å²) in [4.78, 5) is 2.99. The molecule has 0 spiro atoms. The van der Waals surface area contributed by atoms with Gasteiger partial charge in [-0.1, -0.05) is 0 Å². The number of nitrogens with one attached hydrogen (secondary N) is 1. The Morgan fingerprint density at radius 2 is 2.19 bits per heavy atom. The van der Waals surface area contributed by atoms with Gasteiger partial charge in [0.15, 0.2) is 0 Å². The summed E-state index contributed by atoms with van der Waals surface area (Å²) in [7, 11) is 0.238. The Bertz CT molecular complexity index is 693. The van der Waals surface area contributed by atoms with Crippen LogP contribution < -0.4 is 4.72 Å². The Hall–Kier alpha value is -0.670. The van der Waals surface area contributed by atoms with Crippen molar-refractivity contribution in [1.82, 2.24) is 9.62 Å². The molecule has 0 aliphatic carbocycles. The lowest BCUT2D eigenvalue weighted by Crippen LogP contribution is -2.34. The van der Waals surface area contributed by atoms with Crippen molar-refractivity contribution in [2.75, 3.05) is 20.6 Å². The molecule has 2 aromatic heterocycles. The maximum absolute atomic E-state index is 12.4. The molecule has 21 heavy (non-hydrogen) atoms. The van der Waals surface area contributed by atoms with Crippen LogP contribution in [0.2, 0.25) is 0 Å². The standard InChI is InChI=1S/C13H17BrN2O3S2/c1-9-12(7-13(14)20-9)21(17,18)15-8-10(16(2)3)11-5-4-6-19-11/h4-7,10,15H,8H2,1-3H3. The van der Waals surface area contributed by atoms with E-state index in [0.29, 0.717) is 4.90 Å². The summed E-state index contributed by atoms with van der Waals surface area (Å²) in [6.45, 7) is 2.04. The van der Waals surface area contributed by atoms with Crippen LogP contribution >= 0.6 is 27.3 Å². The van der Waals surface area contributed by atoms with Crippen molar-refractivity contribution in [3.05, 3.63) is 38.9 Å². The van der Waals surface area contributed by atoms with E-state index in [0.717, 1.165) is 14.4 Å². The Labute approximate surface area is 137 Å². The van der Waals surface area contributed by atoms with Crippen molar-refractivity contribution in [1.29, 1.82) is 0 Å². The molecule has 2 aromatic rings. The molecule has 0 amide bonds. The average Bonchev–Trinajstić information content (AvgIpc) is 2.99. The smallest absolute Gasteiger partial charge is 0.241 e. The van der Waals surface area contributed by atoms with Gasteiger partial charge in [-0.15, -0.1) is 11.3 Å². The fourth-order valence-corrected chi connectivity index (χ4v) is 5.43. The quantitative estimate of drug-likeness (QED) is 0.820. The summed E-state index contributed by atoms with van der Waals surface area (Å²) in [6.07, 6.45) is 1.58. The van der Waals surface area contributed by atoms with Crippen LogP contribution in [0.5, 0.6) is 0 Å². The molecule has 0 saturated carbocycles. The lowest BCUT2D eigenvalue weighted by molar-refractivity contribution is 0.259.